The van der Waals surface area contributed by atoms with E-state index in [9.17, 15) is 13.6 Å². The zero-order valence-electron chi connectivity index (χ0n) is 16.0. The highest BCUT2D eigenvalue weighted by molar-refractivity contribution is 5.73. The van der Waals surface area contributed by atoms with Crippen LogP contribution in [0.4, 0.5) is 19.3 Å². The predicted molar refractivity (Wildman–Crippen MR) is 103 cm³/mol. The number of hydrogen-bond acceptors (Lipinski definition) is 3. The summed E-state index contributed by atoms with van der Waals surface area (Å²) < 4.78 is 26.5. The highest BCUT2D eigenvalue weighted by Gasteiger charge is 2.24. The van der Waals surface area contributed by atoms with Gasteiger partial charge in [-0.2, -0.15) is 0 Å². The Balaban J connectivity index is 1.36. The molecule has 0 radical (unpaired) electrons. The molecule has 0 aliphatic carbocycles. The number of carbonyl (C=O) groups is 1. The molecule has 0 aromatic heterocycles. The Morgan fingerprint density at radius 3 is 2.67 bits per heavy atom. The second-order valence-electron chi connectivity index (χ2n) is 7.74. The molecule has 0 saturated carbocycles. The number of nitrogens with one attached hydrogen (secondary N) is 2. The highest BCUT2D eigenvalue weighted by atomic mass is 19.2. The third-order valence-electron chi connectivity index (χ3n) is 5.68. The molecular formula is C20H30F2N4O. The molecule has 3 rings (SSSR count). The Bertz CT molecular complexity index is 636. The van der Waals surface area contributed by atoms with E-state index in [2.05, 4.69) is 22.5 Å². The van der Waals surface area contributed by atoms with Gasteiger partial charge in [-0.1, -0.05) is 6.42 Å². The standard InChI is InChI=1S/C20H30F2N4O/c1-15(25-8-3-2-4-9-25)12-23-20(27)24-13-16-7-10-26(14-16)17-5-6-18(21)19(22)11-17/h5-6,11,15-16H,2-4,7-10,12-14H2,1H3,(H2,23,24,27)/t15-,16+/m1/s1. The lowest BCUT2D eigenvalue weighted by atomic mass is 10.1. The van der Waals surface area contributed by atoms with Gasteiger partial charge in [0, 0.05) is 44.0 Å². The predicted octanol–water partition coefficient (Wildman–Crippen LogP) is 2.96. The number of urea groups is 1. The van der Waals surface area contributed by atoms with Gasteiger partial charge in [0.1, 0.15) is 0 Å². The molecule has 0 spiro atoms. The van der Waals surface area contributed by atoms with Gasteiger partial charge in [0.15, 0.2) is 11.6 Å². The molecule has 0 unspecified atom stereocenters. The zero-order valence-corrected chi connectivity index (χ0v) is 16.0. The molecule has 0 bridgehead atoms. The molecule has 2 amide bonds. The van der Waals surface area contributed by atoms with Crippen molar-refractivity contribution in [2.24, 2.45) is 5.92 Å². The fraction of sp³-hybridized carbons (Fsp3) is 0.650. The van der Waals surface area contributed by atoms with E-state index in [1.54, 1.807) is 6.07 Å². The first-order valence-electron chi connectivity index (χ1n) is 9.98. The number of hydrogen-bond donors (Lipinski definition) is 2. The van der Waals surface area contributed by atoms with Crippen molar-refractivity contribution in [1.29, 1.82) is 0 Å². The molecule has 2 aliphatic heterocycles. The summed E-state index contributed by atoms with van der Waals surface area (Å²) in [5.74, 6) is -1.34. The van der Waals surface area contributed by atoms with E-state index in [-0.39, 0.29) is 6.03 Å². The summed E-state index contributed by atoms with van der Waals surface area (Å²) in [6, 6.07) is 4.21. The first kappa shape index (κ1) is 19.9. The molecule has 2 aliphatic rings. The maximum absolute atomic E-state index is 13.4. The highest BCUT2D eigenvalue weighted by Crippen LogP contribution is 2.25. The van der Waals surface area contributed by atoms with Crippen LogP contribution in [0.15, 0.2) is 18.2 Å². The van der Waals surface area contributed by atoms with Crippen LogP contribution in [0.3, 0.4) is 0 Å². The Morgan fingerprint density at radius 2 is 1.93 bits per heavy atom. The number of benzene rings is 1. The van der Waals surface area contributed by atoms with Crippen LogP contribution >= 0.6 is 0 Å². The molecular weight excluding hydrogens is 350 g/mol. The van der Waals surface area contributed by atoms with Gasteiger partial charge >= 0.3 is 6.03 Å². The van der Waals surface area contributed by atoms with Gasteiger partial charge in [0.25, 0.3) is 0 Å². The van der Waals surface area contributed by atoms with E-state index in [1.165, 1.54) is 25.3 Å². The average Bonchev–Trinajstić information content (AvgIpc) is 3.16. The lowest BCUT2D eigenvalue weighted by Crippen LogP contribution is -2.47. The summed E-state index contributed by atoms with van der Waals surface area (Å²) in [5.41, 5.74) is 0.691. The second kappa shape index (κ2) is 9.35. The SMILES string of the molecule is C[C@H](CNC(=O)NC[C@@H]1CCN(c2ccc(F)c(F)c2)C1)N1CCCCC1. The summed E-state index contributed by atoms with van der Waals surface area (Å²) >= 11 is 0. The minimum atomic E-state index is -0.827. The summed E-state index contributed by atoms with van der Waals surface area (Å²) in [6.07, 6.45) is 4.71. The number of halogens is 2. The Morgan fingerprint density at radius 1 is 1.15 bits per heavy atom. The second-order valence-corrected chi connectivity index (χ2v) is 7.74. The molecule has 2 saturated heterocycles. The normalized spacial score (nSPS) is 21.9. The van der Waals surface area contributed by atoms with Crippen LogP contribution in [-0.4, -0.2) is 56.2 Å². The van der Waals surface area contributed by atoms with Crippen LogP contribution in [0.1, 0.15) is 32.6 Å². The van der Waals surface area contributed by atoms with Crippen LogP contribution in [0.2, 0.25) is 0 Å². The number of piperidine rings is 1. The van der Waals surface area contributed by atoms with Crippen molar-refractivity contribution in [3.05, 3.63) is 29.8 Å². The van der Waals surface area contributed by atoms with Crippen molar-refractivity contribution in [3.8, 4) is 0 Å². The summed E-state index contributed by atoms with van der Waals surface area (Å²) in [4.78, 5) is 16.5. The van der Waals surface area contributed by atoms with Crippen LogP contribution in [0, 0.1) is 17.6 Å². The molecule has 27 heavy (non-hydrogen) atoms. The fourth-order valence-corrected chi connectivity index (χ4v) is 3.94. The molecule has 2 fully saturated rings. The Kier molecular flexibility index (Phi) is 6.88. The number of likely N-dealkylation sites (tertiary alicyclic amines) is 1. The molecule has 5 nitrogen and oxygen atoms in total. The lowest BCUT2D eigenvalue weighted by Gasteiger charge is -2.32. The average molecular weight is 380 g/mol. The molecule has 2 atom stereocenters. The lowest BCUT2D eigenvalue weighted by molar-refractivity contribution is 0.170. The topological polar surface area (TPSA) is 47.6 Å². The number of rotatable bonds is 6. The monoisotopic (exact) mass is 380 g/mol. The van der Waals surface area contributed by atoms with Crippen LogP contribution in [0.5, 0.6) is 0 Å². The smallest absolute Gasteiger partial charge is 0.314 e. The number of carbonyl (C=O) groups excluding carboxylic acids is 1. The van der Waals surface area contributed by atoms with Crippen molar-refractivity contribution in [3.63, 3.8) is 0 Å². The van der Waals surface area contributed by atoms with Crippen molar-refractivity contribution in [2.75, 3.05) is 44.2 Å². The third-order valence-corrected chi connectivity index (χ3v) is 5.68. The molecule has 150 valence electrons. The zero-order chi connectivity index (χ0) is 19.2. The first-order valence-corrected chi connectivity index (χ1v) is 9.98. The quantitative estimate of drug-likeness (QED) is 0.798. The Hall–Kier alpha value is -1.89. The maximum atomic E-state index is 13.4. The van der Waals surface area contributed by atoms with E-state index in [0.717, 1.165) is 38.7 Å². The van der Waals surface area contributed by atoms with Crippen LogP contribution in [-0.2, 0) is 0 Å². The van der Waals surface area contributed by atoms with Gasteiger partial charge in [-0.25, -0.2) is 13.6 Å². The van der Waals surface area contributed by atoms with Gasteiger partial charge in [-0.15, -0.1) is 0 Å². The van der Waals surface area contributed by atoms with E-state index in [0.29, 0.717) is 30.7 Å². The van der Waals surface area contributed by atoms with E-state index in [4.69, 9.17) is 0 Å². The summed E-state index contributed by atoms with van der Waals surface area (Å²) in [7, 11) is 0. The molecule has 2 N–H and O–H groups in total. The molecule has 7 heteroatoms. The van der Waals surface area contributed by atoms with Gasteiger partial charge in [-0.05, 0) is 57.3 Å². The minimum Gasteiger partial charge on any atom is -0.371 e. The number of anilines is 1. The Labute approximate surface area is 160 Å². The summed E-state index contributed by atoms with van der Waals surface area (Å²) in [5, 5.41) is 5.91. The van der Waals surface area contributed by atoms with Gasteiger partial charge in [-0.3, -0.25) is 4.90 Å². The fourth-order valence-electron chi connectivity index (χ4n) is 3.94. The van der Waals surface area contributed by atoms with Gasteiger partial charge in [0.05, 0.1) is 0 Å². The van der Waals surface area contributed by atoms with Crippen molar-refractivity contribution >= 4 is 11.7 Å². The minimum absolute atomic E-state index is 0.134. The molecule has 2 heterocycles. The largest absolute Gasteiger partial charge is 0.371 e. The van der Waals surface area contributed by atoms with E-state index in [1.807, 2.05) is 4.90 Å². The first-order chi connectivity index (χ1) is 13.0. The molecule has 1 aromatic rings. The van der Waals surface area contributed by atoms with Crippen LogP contribution < -0.4 is 15.5 Å². The third kappa shape index (κ3) is 5.54. The van der Waals surface area contributed by atoms with Gasteiger partial charge in [0.2, 0.25) is 0 Å². The van der Waals surface area contributed by atoms with E-state index >= 15 is 0 Å². The van der Waals surface area contributed by atoms with Crippen molar-refractivity contribution in [1.82, 2.24) is 15.5 Å². The van der Waals surface area contributed by atoms with Gasteiger partial charge < -0.3 is 15.5 Å². The van der Waals surface area contributed by atoms with Crippen molar-refractivity contribution < 1.29 is 13.6 Å². The maximum Gasteiger partial charge on any atom is 0.314 e. The number of amides is 2. The van der Waals surface area contributed by atoms with Crippen molar-refractivity contribution in [2.45, 2.75) is 38.6 Å². The molecule has 1 aromatic carbocycles. The van der Waals surface area contributed by atoms with E-state index < -0.39 is 11.6 Å². The van der Waals surface area contributed by atoms with Crippen LogP contribution in [0.25, 0.3) is 0 Å². The number of nitrogens with zero attached hydrogens (tertiary/aromatic N) is 2. The summed E-state index contributed by atoms with van der Waals surface area (Å²) in [6.45, 7) is 7.14.